The number of benzene rings is 4. The number of hydrogen-bond donors (Lipinski definition) is 0. The maximum Gasteiger partial charge on any atom is 0 e. The van der Waals surface area contributed by atoms with E-state index in [4.69, 9.17) is 0 Å². The van der Waals surface area contributed by atoms with Gasteiger partial charge < -0.3 is 45.1 Å². The molecule has 0 aliphatic carbocycles. The van der Waals surface area contributed by atoms with Gasteiger partial charge in [0.1, 0.15) is 0 Å². The molecule has 0 aliphatic heterocycles. The van der Waals surface area contributed by atoms with E-state index >= 15 is 0 Å². The zero-order valence-corrected chi connectivity index (χ0v) is 40.7. The van der Waals surface area contributed by atoms with Crippen LogP contribution in [0.4, 0.5) is 0 Å². The minimum Gasteiger partial charge on any atom is -1.00 e. The van der Waals surface area contributed by atoms with E-state index in [1.54, 1.807) is 0 Å². The minimum absolute atomic E-state index is 0. The van der Waals surface area contributed by atoms with Crippen molar-refractivity contribution in [2.24, 2.45) is 0 Å². The molecule has 0 radical (unpaired) electrons. The van der Waals surface area contributed by atoms with Gasteiger partial charge in [-0.25, -0.2) is 0 Å². The largest absolute Gasteiger partial charge is 1.00 e. The first-order valence-corrected chi connectivity index (χ1v) is 18.8. The Labute approximate surface area is 361 Å². The van der Waals surface area contributed by atoms with Crippen LogP contribution in [0.2, 0.25) is 0 Å². The number of halogens is 2. The maximum absolute atomic E-state index is 3.38. The summed E-state index contributed by atoms with van der Waals surface area (Å²) < 4.78 is 0. The fourth-order valence-corrected chi connectivity index (χ4v) is 6.57. The maximum atomic E-state index is 3.38. The van der Waals surface area contributed by atoms with Crippen molar-refractivity contribution in [1.82, 2.24) is 0 Å². The second kappa shape index (κ2) is 19.1. The summed E-state index contributed by atoms with van der Waals surface area (Å²) >= 11 is 0. The fraction of sp³-hybridized carbons (Fsp3) is 0.373. The Morgan fingerprint density at radius 2 is 0.704 bits per heavy atom. The van der Waals surface area contributed by atoms with Crippen LogP contribution in [0.25, 0.3) is 43.8 Å². The summed E-state index contributed by atoms with van der Waals surface area (Å²) in [4.78, 5) is 0. The Morgan fingerprint density at radius 1 is 0.444 bits per heavy atom. The van der Waals surface area contributed by atoms with Gasteiger partial charge >= 0.3 is 0 Å². The first-order valence-electron chi connectivity index (χ1n) is 18.8. The SMILES string of the molecule is Cc1cc2c(-c3cc(C(C)(C)C)cc(C(C)(C)C)c3)cccc2[cH-]1.Cc1cc2c(-c3cc(C(C)(C)C)cc(C(C)(C)C)c3)cccc2[cH-]1.[CH2-]C[CH2-].[Cl-].[Cl-].[Hf]. The quantitative estimate of drug-likeness (QED) is 0.120. The standard InChI is InChI=1S/2C24H29.C3H6.2ClH.Hf/c2*1-16-11-17-9-8-10-21(22(17)12-16)18-13-19(23(2,3)4)15-20(14-18)24(5,6)7;1-3-2;;;/h2*8-15H,1-7H3;1-3H2;2*1H;/q2*-1;-2;;;/p-2. The molecule has 0 amide bonds. The van der Waals surface area contributed by atoms with E-state index in [1.165, 1.54) is 77.2 Å². The van der Waals surface area contributed by atoms with Crippen molar-refractivity contribution in [1.29, 1.82) is 0 Å². The third-order valence-corrected chi connectivity index (χ3v) is 9.74. The van der Waals surface area contributed by atoms with Gasteiger partial charge in [0, 0.05) is 25.8 Å². The van der Waals surface area contributed by atoms with E-state index in [2.05, 4.69) is 208 Å². The van der Waals surface area contributed by atoms with Gasteiger partial charge in [-0.3, -0.25) is 0 Å². The van der Waals surface area contributed by atoms with E-state index in [1.807, 2.05) is 0 Å². The van der Waals surface area contributed by atoms with Crippen molar-refractivity contribution in [3.8, 4) is 22.3 Å². The van der Waals surface area contributed by atoms with Gasteiger partial charge in [0.05, 0.1) is 0 Å². The summed E-state index contributed by atoms with van der Waals surface area (Å²) in [5.74, 6) is 0. The summed E-state index contributed by atoms with van der Waals surface area (Å²) in [5.41, 5.74) is 14.2. The number of fused-ring (bicyclic) bond motifs is 2. The van der Waals surface area contributed by atoms with Crippen molar-refractivity contribution < 1.29 is 50.7 Å². The van der Waals surface area contributed by atoms with Gasteiger partial charge in [-0.05, 0) is 55.0 Å². The van der Waals surface area contributed by atoms with Crippen molar-refractivity contribution in [2.45, 2.75) is 125 Å². The molecule has 6 rings (SSSR count). The van der Waals surface area contributed by atoms with Crippen LogP contribution >= 0.6 is 0 Å². The van der Waals surface area contributed by atoms with Crippen LogP contribution in [-0.2, 0) is 47.5 Å². The average molecular weight is 926 g/mol. The monoisotopic (exact) mass is 926 g/mol. The first-order chi connectivity index (χ1) is 23.5. The van der Waals surface area contributed by atoms with Crippen LogP contribution in [0.5, 0.6) is 0 Å². The van der Waals surface area contributed by atoms with Crippen LogP contribution in [0.3, 0.4) is 0 Å². The third-order valence-electron chi connectivity index (χ3n) is 9.74. The summed E-state index contributed by atoms with van der Waals surface area (Å²) in [6.07, 6.45) is 0.750. The number of hydrogen-bond acceptors (Lipinski definition) is 0. The molecule has 0 unspecified atom stereocenters. The predicted octanol–water partition coefficient (Wildman–Crippen LogP) is 9.31. The predicted molar refractivity (Wildman–Crippen MR) is 230 cm³/mol. The molecule has 0 N–H and O–H groups in total. The van der Waals surface area contributed by atoms with Gasteiger partial charge in [0.15, 0.2) is 0 Å². The van der Waals surface area contributed by atoms with Crippen LogP contribution < -0.4 is 24.8 Å². The van der Waals surface area contributed by atoms with E-state index < -0.39 is 0 Å². The summed E-state index contributed by atoms with van der Waals surface area (Å²) in [6.45, 7) is 38.7. The Hall–Kier alpha value is -2.45. The Kier molecular flexibility index (Phi) is 17.6. The molecule has 0 heterocycles. The molecule has 0 spiro atoms. The Balaban J connectivity index is 0.000000479. The molecule has 54 heavy (non-hydrogen) atoms. The second-order valence-electron chi connectivity index (χ2n) is 18.6. The van der Waals surface area contributed by atoms with Crippen LogP contribution in [0.1, 0.15) is 123 Å². The molecular weight excluding hydrogens is 862 g/mol. The summed E-state index contributed by atoms with van der Waals surface area (Å²) in [7, 11) is 0. The first kappa shape index (κ1) is 49.6. The molecule has 0 saturated heterocycles. The molecule has 0 saturated carbocycles. The van der Waals surface area contributed by atoms with Crippen LogP contribution in [0.15, 0.2) is 97.1 Å². The molecule has 3 heteroatoms. The molecule has 6 aromatic rings. The van der Waals surface area contributed by atoms with Crippen LogP contribution in [0, 0.1) is 27.7 Å². The van der Waals surface area contributed by atoms with E-state index in [0.717, 1.165) is 6.42 Å². The van der Waals surface area contributed by atoms with Crippen LogP contribution in [-0.4, -0.2) is 0 Å². The zero-order chi connectivity index (χ0) is 38.1. The summed E-state index contributed by atoms with van der Waals surface area (Å²) in [6, 6.07) is 36.8. The molecule has 0 nitrogen and oxygen atoms in total. The molecule has 292 valence electrons. The van der Waals surface area contributed by atoms with Crippen molar-refractivity contribution in [3.63, 3.8) is 0 Å². The van der Waals surface area contributed by atoms with Gasteiger partial charge in [-0.1, -0.05) is 157 Å². The molecule has 0 atom stereocenters. The molecule has 0 bridgehead atoms. The second-order valence-corrected chi connectivity index (χ2v) is 18.6. The van der Waals surface area contributed by atoms with Gasteiger partial charge in [-0.2, -0.15) is 12.1 Å². The Bertz CT molecular complexity index is 1880. The van der Waals surface area contributed by atoms with E-state index in [0.29, 0.717) is 0 Å². The number of rotatable bonds is 2. The fourth-order valence-electron chi connectivity index (χ4n) is 6.57. The van der Waals surface area contributed by atoms with Crippen molar-refractivity contribution in [2.75, 3.05) is 0 Å². The third kappa shape index (κ3) is 12.3. The topological polar surface area (TPSA) is 0 Å². The normalized spacial score (nSPS) is 11.7. The molecule has 0 aliphatic rings. The molecule has 6 aromatic carbocycles. The van der Waals surface area contributed by atoms with Gasteiger partial charge in [-0.15, -0.1) is 69.1 Å². The average Bonchev–Trinajstić information content (AvgIpc) is 3.60. The zero-order valence-electron chi connectivity index (χ0n) is 35.6. The smallest absolute Gasteiger partial charge is 0 e. The molecular formula is C51H64Cl2Hf-6. The van der Waals surface area contributed by atoms with Crippen molar-refractivity contribution >= 4 is 21.5 Å². The Morgan fingerprint density at radius 3 is 0.944 bits per heavy atom. The van der Waals surface area contributed by atoms with E-state index in [9.17, 15) is 0 Å². The molecule has 0 fully saturated rings. The minimum atomic E-state index is 0. The van der Waals surface area contributed by atoms with Gasteiger partial charge in [0.2, 0.25) is 0 Å². The van der Waals surface area contributed by atoms with E-state index in [-0.39, 0.29) is 72.3 Å². The number of aryl methyl sites for hydroxylation is 2. The van der Waals surface area contributed by atoms with Crippen molar-refractivity contribution in [3.05, 3.63) is 144 Å². The summed E-state index contributed by atoms with van der Waals surface area (Å²) in [5, 5.41) is 5.40. The van der Waals surface area contributed by atoms with Gasteiger partial charge in [0.25, 0.3) is 0 Å². The molecule has 0 aromatic heterocycles.